The summed E-state index contributed by atoms with van der Waals surface area (Å²) in [5.74, 6) is 1.92. The van der Waals surface area contributed by atoms with Crippen molar-refractivity contribution < 1.29 is 4.79 Å². The minimum atomic E-state index is -0.0593. The summed E-state index contributed by atoms with van der Waals surface area (Å²) in [6.07, 6.45) is 3.89. The van der Waals surface area contributed by atoms with Gasteiger partial charge in [-0.1, -0.05) is 6.92 Å². The van der Waals surface area contributed by atoms with Gasteiger partial charge >= 0.3 is 0 Å². The van der Waals surface area contributed by atoms with Crippen LogP contribution in [0.3, 0.4) is 0 Å². The normalized spacial score (nSPS) is 15.8. The second-order valence-electron chi connectivity index (χ2n) is 6.27. The maximum atomic E-state index is 12.4. The number of amides is 1. The van der Waals surface area contributed by atoms with Gasteiger partial charge in [-0.25, -0.2) is 4.98 Å². The molecule has 2 aromatic heterocycles. The monoisotopic (exact) mass is 380 g/mol. The molecule has 136 valence electrons. The number of thiazole rings is 1. The lowest BCUT2D eigenvalue weighted by Crippen LogP contribution is -2.41. The zero-order chi connectivity index (χ0) is 17.6. The zero-order valence-corrected chi connectivity index (χ0v) is 16.1. The molecule has 3 heterocycles. The third kappa shape index (κ3) is 4.83. The van der Waals surface area contributed by atoms with Gasteiger partial charge in [0.25, 0.3) is 5.56 Å². The van der Waals surface area contributed by atoms with Gasteiger partial charge in [0.2, 0.25) is 5.91 Å². The molecular weight excluding hydrogens is 356 g/mol. The number of fused-ring (bicyclic) bond motifs is 1. The van der Waals surface area contributed by atoms with Gasteiger partial charge in [0, 0.05) is 36.5 Å². The van der Waals surface area contributed by atoms with Crippen molar-refractivity contribution in [3.8, 4) is 0 Å². The summed E-state index contributed by atoms with van der Waals surface area (Å²) < 4.78 is 1.54. The maximum absolute atomic E-state index is 12.4. The SMILES string of the molecule is CCNCC1CCN(C(=O)CSCc2cc(=O)n3ccsc3n2)CC1. The van der Waals surface area contributed by atoms with Crippen molar-refractivity contribution in [1.82, 2.24) is 19.6 Å². The molecule has 1 fully saturated rings. The maximum Gasteiger partial charge on any atom is 0.258 e. The standard InChI is InChI=1S/C17H24N4O2S2/c1-2-18-10-13-3-5-20(6-4-13)16(23)12-24-11-14-9-15(22)21-7-8-25-17(21)19-14/h7-9,13,18H,2-6,10-12H2,1H3. The van der Waals surface area contributed by atoms with Crippen LogP contribution in [0.2, 0.25) is 0 Å². The summed E-state index contributed by atoms with van der Waals surface area (Å²) >= 11 is 2.98. The van der Waals surface area contributed by atoms with Gasteiger partial charge < -0.3 is 10.2 Å². The summed E-state index contributed by atoms with van der Waals surface area (Å²) in [6, 6.07) is 1.56. The van der Waals surface area contributed by atoms with Gasteiger partial charge in [-0.3, -0.25) is 14.0 Å². The van der Waals surface area contributed by atoms with E-state index in [1.807, 2.05) is 10.3 Å². The fourth-order valence-electron chi connectivity index (χ4n) is 3.03. The van der Waals surface area contributed by atoms with Crippen molar-refractivity contribution in [1.29, 1.82) is 0 Å². The lowest BCUT2D eigenvalue weighted by molar-refractivity contribution is -0.129. The van der Waals surface area contributed by atoms with Crippen LogP contribution in [0.25, 0.3) is 4.96 Å². The molecule has 6 nitrogen and oxygen atoms in total. The van der Waals surface area contributed by atoms with Crippen LogP contribution in [-0.2, 0) is 10.5 Å². The number of thioether (sulfide) groups is 1. The Kier molecular flexibility index (Phi) is 6.50. The Morgan fingerprint density at radius 2 is 2.24 bits per heavy atom. The predicted octanol–water partition coefficient (Wildman–Crippen LogP) is 1.84. The summed E-state index contributed by atoms with van der Waals surface area (Å²) in [5.41, 5.74) is 0.686. The van der Waals surface area contributed by atoms with E-state index in [9.17, 15) is 9.59 Å². The quantitative estimate of drug-likeness (QED) is 0.794. The molecule has 0 atom stereocenters. The average molecular weight is 381 g/mol. The van der Waals surface area contributed by atoms with Crippen molar-refractivity contribution >= 4 is 34.0 Å². The number of piperidine rings is 1. The minimum Gasteiger partial charge on any atom is -0.342 e. The van der Waals surface area contributed by atoms with Gasteiger partial charge in [-0.2, -0.15) is 0 Å². The fourth-order valence-corrected chi connectivity index (χ4v) is 4.59. The predicted molar refractivity (Wildman–Crippen MR) is 103 cm³/mol. The number of carbonyl (C=O) groups excluding carboxylic acids is 1. The fraction of sp³-hybridized carbons (Fsp3) is 0.588. The molecule has 3 rings (SSSR count). The Hall–Kier alpha value is -1.38. The highest BCUT2D eigenvalue weighted by Crippen LogP contribution is 2.18. The Bertz CT molecular complexity index is 765. The van der Waals surface area contributed by atoms with Crippen molar-refractivity contribution in [3.63, 3.8) is 0 Å². The summed E-state index contributed by atoms with van der Waals surface area (Å²) in [7, 11) is 0. The molecule has 0 bridgehead atoms. The second-order valence-corrected chi connectivity index (χ2v) is 8.12. The molecule has 1 aliphatic rings. The van der Waals surface area contributed by atoms with E-state index >= 15 is 0 Å². The van der Waals surface area contributed by atoms with Crippen molar-refractivity contribution in [2.45, 2.75) is 25.5 Å². The molecule has 1 saturated heterocycles. The number of nitrogens with one attached hydrogen (secondary N) is 1. The van der Waals surface area contributed by atoms with Crippen molar-refractivity contribution in [2.75, 3.05) is 31.9 Å². The largest absolute Gasteiger partial charge is 0.342 e. The van der Waals surface area contributed by atoms with Crippen molar-refractivity contribution in [3.05, 3.63) is 33.7 Å². The van der Waals surface area contributed by atoms with Gasteiger partial charge in [-0.15, -0.1) is 23.1 Å². The number of aromatic nitrogens is 2. The Morgan fingerprint density at radius 1 is 1.44 bits per heavy atom. The van der Waals surface area contributed by atoms with Gasteiger partial charge in [0.05, 0.1) is 11.4 Å². The molecule has 0 radical (unpaired) electrons. The van der Waals surface area contributed by atoms with E-state index < -0.39 is 0 Å². The van der Waals surface area contributed by atoms with E-state index in [4.69, 9.17) is 0 Å². The third-order valence-corrected chi connectivity index (χ3v) is 6.19. The van der Waals surface area contributed by atoms with E-state index in [0.29, 0.717) is 22.4 Å². The van der Waals surface area contributed by atoms with Gasteiger partial charge in [0.1, 0.15) is 0 Å². The number of hydrogen-bond donors (Lipinski definition) is 1. The van der Waals surface area contributed by atoms with E-state index in [1.165, 1.54) is 23.1 Å². The smallest absolute Gasteiger partial charge is 0.258 e. The van der Waals surface area contributed by atoms with Crippen LogP contribution in [0.5, 0.6) is 0 Å². The topological polar surface area (TPSA) is 66.7 Å². The number of likely N-dealkylation sites (tertiary alicyclic amines) is 1. The van der Waals surface area contributed by atoms with Crippen LogP contribution >= 0.6 is 23.1 Å². The van der Waals surface area contributed by atoms with Crippen molar-refractivity contribution in [2.24, 2.45) is 5.92 Å². The first-order valence-corrected chi connectivity index (χ1v) is 10.7. The van der Waals surface area contributed by atoms with E-state index in [1.54, 1.807) is 16.7 Å². The number of hydrogen-bond acceptors (Lipinski definition) is 6. The van der Waals surface area contributed by atoms with Crippen LogP contribution in [0.4, 0.5) is 0 Å². The summed E-state index contributed by atoms with van der Waals surface area (Å²) in [4.78, 5) is 31.5. The number of rotatable bonds is 7. The van der Waals surface area contributed by atoms with Crippen LogP contribution in [0, 0.1) is 5.92 Å². The highest BCUT2D eigenvalue weighted by molar-refractivity contribution is 7.99. The number of nitrogens with zero attached hydrogens (tertiary/aromatic N) is 3. The molecule has 1 N–H and O–H groups in total. The molecular formula is C17H24N4O2S2. The third-order valence-electron chi connectivity index (χ3n) is 4.48. The highest BCUT2D eigenvalue weighted by Gasteiger charge is 2.22. The molecule has 0 saturated carbocycles. The molecule has 0 unspecified atom stereocenters. The van der Waals surface area contributed by atoms with E-state index in [2.05, 4.69) is 17.2 Å². The Morgan fingerprint density at radius 3 is 3.00 bits per heavy atom. The number of carbonyl (C=O) groups is 1. The van der Waals surface area contributed by atoms with Gasteiger partial charge in [-0.05, 0) is 31.8 Å². The molecule has 25 heavy (non-hydrogen) atoms. The van der Waals surface area contributed by atoms with Gasteiger partial charge in [0.15, 0.2) is 4.96 Å². The lowest BCUT2D eigenvalue weighted by atomic mass is 9.97. The highest BCUT2D eigenvalue weighted by atomic mass is 32.2. The average Bonchev–Trinajstić information content (AvgIpc) is 3.09. The summed E-state index contributed by atoms with van der Waals surface area (Å²) in [6.45, 7) is 5.90. The lowest BCUT2D eigenvalue weighted by Gasteiger charge is -2.32. The van der Waals surface area contributed by atoms with Crippen LogP contribution in [-0.4, -0.2) is 52.1 Å². The summed E-state index contributed by atoms with van der Waals surface area (Å²) in [5, 5.41) is 5.24. The zero-order valence-electron chi connectivity index (χ0n) is 14.4. The molecule has 0 spiro atoms. The van der Waals surface area contributed by atoms with Crippen LogP contribution < -0.4 is 10.9 Å². The molecule has 2 aromatic rings. The van der Waals surface area contributed by atoms with Crippen LogP contribution in [0.15, 0.2) is 22.4 Å². The first-order chi connectivity index (χ1) is 12.2. The van der Waals surface area contributed by atoms with E-state index in [0.717, 1.165) is 44.7 Å². The molecule has 0 aliphatic carbocycles. The molecule has 0 aromatic carbocycles. The van der Waals surface area contributed by atoms with Crippen LogP contribution in [0.1, 0.15) is 25.5 Å². The first-order valence-electron chi connectivity index (χ1n) is 8.69. The first kappa shape index (κ1) is 18.4. The molecule has 1 amide bonds. The molecule has 8 heteroatoms. The Balaban J connectivity index is 1.44. The second kappa shape index (κ2) is 8.82. The minimum absolute atomic E-state index is 0.0593. The van der Waals surface area contributed by atoms with E-state index in [-0.39, 0.29) is 11.5 Å². The Labute approximate surface area is 155 Å². The molecule has 1 aliphatic heterocycles.